The Morgan fingerprint density at radius 2 is 1.54 bits per heavy atom. The van der Waals surface area contributed by atoms with E-state index in [9.17, 15) is 9.90 Å². The van der Waals surface area contributed by atoms with Gasteiger partial charge < -0.3 is 10.4 Å². The Balaban J connectivity index is 1.62. The summed E-state index contributed by atoms with van der Waals surface area (Å²) in [6, 6.07) is 15.9. The van der Waals surface area contributed by atoms with Crippen LogP contribution in [-0.4, -0.2) is 17.1 Å². The molecule has 0 aliphatic heterocycles. The van der Waals surface area contributed by atoms with Crippen LogP contribution < -0.4 is 5.32 Å². The molecule has 0 spiro atoms. The molecule has 4 rings (SSSR count). The van der Waals surface area contributed by atoms with Crippen LogP contribution >= 0.6 is 0 Å². The minimum atomic E-state index is -0.178. The summed E-state index contributed by atoms with van der Waals surface area (Å²) in [5, 5.41) is 17.7. The van der Waals surface area contributed by atoms with Gasteiger partial charge in [0.2, 0.25) is 0 Å². The molecular formula is C23H25NO2. The molecule has 1 aliphatic rings. The molecule has 0 aromatic heterocycles. The Hall–Kier alpha value is -2.55. The predicted octanol–water partition coefficient (Wildman–Crippen LogP) is 5.40. The molecule has 0 bridgehead atoms. The van der Waals surface area contributed by atoms with Crippen LogP contribution in [0.15, 0.2) is 48.5 Å². The second kappa shape index (κ2) is 6.31. The van der Waals surface area contributed by atoms with Gasteiger partial charge in [0.15, 0.2) is 0 Å². The fourth-order valence-corrected chi connectivity index (χ4v) is 3.97. The molecule has 0 atom stereocenters. The van der Waals surface area contributed by atoms with Crippen molar-refractivity contribution in [2.24, 2.45) is 5.41 Å². The normalized spacial score (nSPS) is 17.5. The van der Waals surface area contributed by atoms with Crippen molar-refractivity contribution in [2.75, 3.05) is 0 Å². The fraction of sp³-hybridized carbons (Fsp3) is 0.348. The van der Waals surface area contributed by atoms with Gasteiger partial charge in [-0.25, -0.2) is 0 Å². The van der Waals surface area contributed by atoms with Gasteiger partial charge in [-0.3, -0.25) is 4.79 Å². The van der Waals surface area contributed by atoms with Gasteiger partial charge in [-0.05, 0) is 76.9 Å². The monoisotopic (exact) mass is 347 g/mol. The summed E-state index contributed by atoms with van der Waals surface area (Å²) in [5.41, 5.74) is 0.727. The number of phenols is 1. The molecule has 1 saturated carbocycles. The molecule has 2 N–H and O–H groups in total. The van der Waals surface area contributed by atoms with E-state index in [1.807, 2.05) is 12.1 Å². The first kappa shape index (κ1) is 16.9. The highest BCUT2D eigenvalue weighted by Gasteiger charge is 2.28. The summed E-state index contributed by atoms with van der Waals surface area (Å²) in [5.74, 6) is -0.135. The van der Waals surface area contributed by atoms with Crippen LogP contribution in [0.5, 0.6) is 5.75 Å². The highest BCUT2D eigenvalue weighted by Crippen LogP contribution is 2.35. The van der Waals surface area contributed by atoms with Crippen LogP contribution in [0.3, 0.4) is 0 Å². The van der Waals surface area contributed by atoms with Gasteiger partial charge in [0, 0.05) is 6.04 Å². The van der Waals surface area contributed by atoms with Crippen molar-refractivity contribution < 1.29 is 9.90 Å². The third-order valence-corrected chi connectivity index (χ3v) is 5.74. The zero-order chi connectivity index (χ0) is 18.3. The van der Waals surface area contributed by atoms with Gasteiger partial charge in [-0.2, -0.15) is 0 Å². The van der Waals surface area contributed by atoms with E-state index in [4.69, 9.17) is 0 Å². The molecule has 134 valence electrons. The number of hydrogen-bond donors (Lipinski definition) is 2. The minimum absolute atomic E-state index is 0.0430. The predicted molar refractivity (Wildman–Crippen MR) is 107 cm³/mol. The van der Waals surface area contributed by atoms with Crippen LogP contribution in [0.1, 0.15) is 49.9 Å². The summed E-state index contributed by atoms with van der Waals surface area (Å²) >= 11 is 0. The lowest BCUT2D eigenvalue weighted by atomic mass is 9.75. The zero-order valence-electron chi connectivity index (χ0n) is 15.4. The van der Waals surface area contributed by atoms with Crippen molar-refractivity contribution in [3.05, 3.63) is 54.1 Å². The number of rotatable bonds is 2. The number of nitrogens with one attached hydrogen (secondary N) is 1. The van der Waals surface area contributed by atoms with Gasteiger partial charge in [-0.15, -0.1) is 0 Å². The van der Waals surface area contributed by atoms with E-state index < -0.39 is 0 Å². The summed E-state index contributed by atoms with van der Waals surface area (Å²) < 4.78 is 0. The summed E-state index contributed by atoms with van der Waals surface area (Å²) in [4.78, 5) is 12.7. The summed E-state index contributed by atoms with van der Waals surface area (Å²) in [7, 11) is 0. The Bertz CT molecular complexity index is 980. The first-order valence-electron chi connectivity index (χ1n) is 9.38. The van der Waals surface area contributed by atoms with E-state index in [-0.39, 0.29) is 17.7 Å². The number of benzene rings is 3. The molecular weight excluding hydrogens is 322 g/mol. The number of fused-ring (bicyclic) bond motifs is 2. The van der Waals surface area contributed by atoms with Crippen molar-refractivity contribution in [2.45, 2.75) is 45.6 Å². The van der Waals surface area contributed by atoms with Crippen LogP contribution in [0.25, 0.3) is 21.5 Å². The topological polar surface area (TPSA) is 49.3 Å². The standard InChI is InChI=1S/C23H25NO2/c1-23(2)9-7-19(8-10-23)24-22(26)20-13-17-11-15-5-3-4-6-16(15)12-18(17)14-21(20)25/h3-6,11-14,19,25H,7-10H2,1-2H3,(H,24,26). The van der Waals surface area contributed by atoms with E-state index in [0.29, 0.717) is 11.0 Å². The van der Waals surface area contributed by atoms with Gasteiger partial charge in [-0.1, -0.05) is 38.1 Å². The largest absolute Gasteiger partial charge is 0.507 e. The maximum atomic E-state index is 12.7. The Labute approximate surface area is 154 Å². The minimum Gasteiger partial charge on any atom is -0.507 e. The van der Waals surface area contributed by atoms with E-state index in [1.54, 1.807) is 12.1 Å². The molecule has 0 unspecified atom stereocenters. The second-order valence-corrected chi connectivity index (χ2v) is 8.33. The van der Waals surface area contributed by atoms with E-state index in [0.717, 1.165) is 47.2 Å². The number of carbonyl (C=O) groups excluding carboxylic acids is 1. The second-order valence-electron chi connectivity index (χ2n) is 8.33. The van der Waals surface area contributed by atoms with Crippen molar-refractivity contribution in [1.29, 1.82) is 0 Å². The Morgan fingerprint density at radius 1 is 0.962 bits per heavy atom. The quantitative estimate of drug-likeness (QED) is 0.610. The number of phenolic OH excluding ortho intramolecular Hbond substituents is 1. The van der Waals surface area contributed by atoms with Gasteiger partial charge in [0.05, 0.1) is 5.56 Å². The van der Waals surface area contributed by atoms with E-state index in [1.165, 1.54) is 0 Å². The molecule has 3 aromatic carbocycles. The van der Waals surface area contributed by atoms with Gasteiger partial charge in [0.25, 0.3) is 5.91 Å². The van der Waals surface area contributed by atoms with E-state index >= 15 is 0 Å². The van der Waals surface area contributed by atoms with Crippen molar-refractivity contribution in [3.63, 3.8) is 0 Å². The SMILES string of the molecule is CC1(C)CCC(NC(=O)c2cc3cc4ccccc4cc3cc2O)CC1. The Morgan fingerprint density at radius 3 is 2.15 bits per heavy atom. The average Bonchev–Trinajstić information content (AvgIpc) is 2.61. The lowest BCUT2D eigenvalue weighted by Gasteiger charge is -2.34. The molecule has 0 heterocycles. The van der Waals surface area contributed by atoms with Crippen molar-refractivity contribution in [1.82, 2.24) is 5.32 Å². The maximum absolute atomic E-state index is 12.7. The highest BCUT2D eigenvalue weighted by atomic mass is 16.3. The molecule has 26 heavy (non-hydrogen) atoms. The first-order chi connectivity index (χ1) is 12.4. The average molecular weight is 347 g/mol. The molecule has 1 fully saturated rings. The van der Waals surface area contributed by atoms with Crippen LogP contribution in [0, 0.1) is 5.41 Å². The molecule has 0 radical (unpaired) electrons. The molecule has 0 saturated heterocycles. The molecule has 1 amide bonds. The number of aromatic hydroxyl groups is 1. The number of hydrogen-bond acceptors (Lipinski definition) is 2. The maximum Gasteiger partial charge on any atom is 0.255 e. The number of carbonyl (C=O) groups is 1. The lowest BCUT2D eigenvalue weighted by molar-refractivity contribution is 0.0906. The van der Waals surface area contributed by atoms with Crippen LogP contribution in [0.2, 0.25) is 0 Å². The first-order valence-corrected chi connectivity index (χ1v) is 9.38. The third kappa shape index (κ3) is 3.26. The third-order valence-electron chi connectivity index (χ3n) is 5.74. The summed E-state index contributed by atoms with van der Waals surface area (Å²) in [6.45, 7) is 4.56. The molecule has 3 nitrogen and oxygen atoms in total. The molecule has 3 heteroatoms. The smallest absolute Gasteiger partial charge is 0.255 e. The zero-order valence-corrected chi connectivity index (χ0v) is 15.4. The van der Waals surface area contributed by atoms with Crippen molar-refractivity contribution in [3.8, 4) is 5.75 Å². The highest BCUT2D eigenvalue weighted by molar-refractivity contribution is 6.05. The van der Waals surface area contributed by atoms with Crippen LogP contribution in [0.4, 0.5) is 0 Å². The van der Waals surface area contributed by atoms with Crippen molar-refractivity contribution >= 4 is 27.5 Å². The lowest BCUT2D eigenvalue weighted by Crippen LogP contribution is -2.39. The van der Waals surface area contributed by atoms with Gasteiger partial charge in [0.1, 0.15) is 5.75 Å². The number of amides is 1. The van der Waals surface area contributed by atoms with Gasteiger partial charge >= 0.3 is 0 Å². The Kier molecular flexibility index (Phi) is 4.10. The fourth-order valence-electron chi connectivity index (χ4n) is 3.97. The molecule has 3 aromatic rings. The van der Waals surface area contributed by atoms with Crippen LogP contribution in [-0.2, 0) is 0 Å². The molecule has 1 aliphatic carbocycles. The van der Waals surface area contributed by atoms with E-state index in [2.05, 4.69) is 43.4 Å². The summed E-state index contributed by atoms with van der Waals surface area (Å²) in [6.07, 6.45) is 4.23.